The van der Waals surface area contributed by atoms with Gasteiger partial charge < -0.3 is 14.9 Å². The second-order valence-electron chi connectivity index (χ2n) is 11.4. The third-order valence-corrected chi connectivity index (χ3v) is 8.96. The van der Waals surface area contributed by atoms with Crippen molar-refractivity contribution in [3.05, 3.63) is 33.3 Å². The molecule has 2 unspecified atom stereocenters. The zero-order chi connectivity index (χ0) is 28.6. The summed E-state index contributed by atoms with van der Waals surface area (Å²) in [6.07, 6.45) is -5.66. The molecule has 7 atom stereocenters. The first-order chi connectivity index (χ1) is 17.5. The van der Waals surface area contributed by atoms with Gasteiger partial charge >= 0.3 is 12.1 Å². The molecule has 1 aromatic heterocycles. The Morgan fingerprint density at radius 1 is 1.21 bits per heavy atom. The van der Waals surface area contributed by atoms with Gasteiger partial charge in [-0.1, -0.05) is 33.8 Å². The number of ether oxygens (including phenoxy) is 1. The van der Waals surface area contributed by atoms with Gasteiger partial charge in [0.2, 0.25) is 0 Å². The van der Waals surface area contributed by atoms with Crippen LogP contribution in [0.4, 0.5) is 13.2 Å². The van der Waals surface area contributed by atoms with Crippen LogP contribution in [-0.4, -0.2) is 51.4 Å². The SMILES string of the molecule is C/C(=C\c1csc(C)n1)[C@H]1C/C=C(/C(F)(F)F)CC2CC2[C@H](C)[C@H](O)[C@@H](C)C(=O)C(C)(C)[C@@H](O)CC(=O)O1. The van der Waals surface area contributed by atoms with Crippen molar-refractivity contribution in [1.82, 2.24) is 4.98 Å². The summed E-state index contributed by atoms with van der Waals surface area (Å²) in [6, 6.07) is 0. The Bertz CT molecular complexity index is 1090. The van der Waals surface area contributed by atoms with Crippen molar-refractivity contribution in [2.24, 2.45) is 29.1 Å². The average molecular weight is 558 g/mol. The minimum atomic E-state index is -4.55. The van der Waals surface area contributed by atoms with E-state index in [0.29, 0.717) is 17.7 Å². The van der Waals surface area contributed by atoms with E-state index in [-0.39, 0.29) is 24.7 Å². The maximum atomic E-state index is 14.0. The number of hydrogen-bond acceptors (Lipinski definition) is 7. The number of carbonyl (C=O) groups excluding carboxylic acids is 2. The molecule has 1 fully saturated rings. The topological polar surface area (TPSA) is 96.7 Å². The highest BCUT2D eigenvalue weighted by molar-refractivity contribution is 7.09. The molecule has 2 N–H and O–H groups in total. The molecular formula is C28H38F3NO5S. The molecule has 6 nitrogen and oxygen atoms in total. The Kier molecular flexibility index (Phi) is 9.31. The maximum absolute atomic E-state index is 14.0. The van der Waals surface area contributed by atoms with Gasteiger partial charge in [0, 0.05) is 23.3 Å². The van der Waals surface area contributed by atoms with E-state index in [1.54, 1.807) is 32.2 Å². The highest BCUT2D eigenvalue weighted by Gasteiger charge is 2.49. The van der Waals surface area contributed by atoms with Crippen molar-refractivity contribution < 1.29 is 37.7 Å². The molecular weight excluding hydrogens is 519 g/mol. The molecule has 0 spiro atoms. The van der Waals surface area contributed by atoms with E-state index in [2.05, 4.69) is 4.98 Å². The summed E-state index contributed by atoms with van der Waals surface area (Å²) in [5.74, 6) is -2.91. The van der Waals surface area contributed by atoms with Crippen molar-refractivity contribution in [3.8, 4) is 0 Å². The van der Waals surface area contributed by atoms with Crippen LogP contribution < -0.4 is 0 Å². The second kappa shape index (κ2) is 11.6. The number of halogens is 3. The lowest BCUT2D eigenvalue weighted by Crippen LogP contribution is -2.46. The number of rotatable bonds is 2. The highest BCUT2D eigenvalue weighted by Crippen LogP contribution is 2.51. The van der Waals surface area contributed by atoms with Gasteiger partial charge in [-0.3, -0.25) is 9.59 Å². The van der Waals surface area contributed by atoms with Gasteiger partial charge in [-0.25, -0.2) is 4.98 Å². The zero-order valence-corrected chi connectivity index (χ0v) is 23.5. The summed E-state index contributed by atoms with van der Waals surface area (Å²) in [5.41, 5.74) is -0.909. The first kappa shape index (κ1) is 30.5. The fourth-order valence-corrected chi connectivity index (χ4v) is 5.90. The van der Waals surface area contributed by atoms with Crippen molar-refractivity contribution >= 4 is 29.2 Å². The van der Waals surface area contributed by atoms with Crippen LogP contribution in [-0.2, 0) is 14.3 Å². The average Bonchev–Trinajstić information content (AvgIpc) is 3.48. The summed E-state index contributed by atoms with van der Waals surface area (Å²) in [6.45, 7) is 9.86. The Hall–Kier alpha value is -2.04. The molecule has 10 heteroatoms. The number of aromatic nitrogens is 1. The normalized spacial score (nSPS) is 35.2. The predicted octanol–water partition coefficient (Wildman–Crippen LogP) is 5.66. The molecule has 212 valence electrons. The molecule has 0 radical (unpaired) electrons. The zero-order valence-electron chi connectivity index (χ0n) is 22.7. The van der Waals surface area contributed by atoms with Crippen LogP contribution in [0.15, 0.2) is 22.6 Å². The monoisotopic (exact) mass is 557 g/mol. The van der Waals surface area contributed by atoms with Crippen LogP contribution in [0.3, 0.4) is 0 Å². The lowest BCUT2D eigenvalue weighted by molar-refractivity contribution is -0.154. The Labute approximate surface area is 226 Å². The molecule has 0 amide bonds. The minimum absolute atomic E-state index is 0.143. The first-order valence-corrected chi connectivity index (χ1v) is 13.9. The van der Waals surface area contributed by atoms with Crippen LogP contribution in [0, 0.1) is 36.0 Å². The van der Waals surface area contributed by atoms with Gasteiger partial charge in [0.15, 0.2) is 0 Å². The van der Waals surface area contributed by atoms with Crippen LogP contribution in [0.1, 0.15) is 71.0 Å². The molecule has 3 rings (SSSR count). The minimum Gasteiger partial charge on any atom is -0.457 e. The number of ketones is 1. The third-order valence-electron chi connectivity index (χ3n) is 8.16. The second-order valence-corrected chi connectivity index (χ2v) is 12.5. The molecule has 1 aliphatic heterocycles. The van der Waals surface area contributed by atoms with E-state index in [4.69, 9.17) is 4.74 Å². The van der Waals surface area contributed by atoms with Crippen molar-refractivity contribution in [1.29, 1.82) is 0 Å². The molecule has 0 aromatic carbocycles. The number of Topliss-reactive ketones (excluding diaryl/α,β-unsaturated/α-hetero) is 1. The van der Waals surface area contributed by atoms with Crippen LogP contribution >= 0.6 is 11.3 Å². The van der Waals surface area contributed by atoms with E-state index in [9.17, 15) is 33.0 Å². The number of alkyl halides is 3. The first-order valence-electron chi connectivity index (χ1n) is 13.0. The smallest absolute Gasteiger partial charge is 0.412 e. The molecule has 0 bridgehead atoms. The molecule has 0 saturated heterocycles. The van der Waals surface area contributed by atoms with E-state index in [1.807, 2.05) is 6.92 Å². The number of nitrogens with zero attached hydrogens (tertiary/aromatic N) is 1. The quantitative estimate of drug-likeness (QED) is 0.360. The molecule has 38 heavy (non-hydrogen) atoms. The fraction of sp³-hybridized carbons (Fsp3) is 0.679. The third kappa shape index (κ3) is 7.12. The predicted molar refractivity (Wildman–Crippen MR) is 139 cm³/mol. The summed E-state index contributed by atoms with van der Waals surface area (Å²) >= 11 is 1.42. The number of fused-ring (bicyclic) bond motifs is 1. The number of thiazole rings is 1. The molecule has 2 heterocycles. The van der Waals surface area contributed by atoms with Crippen LogP contribution in [0.2, 0.25) is 0 Å². The van der Waals surface area contributed by atoms with E-state index in [1.165, 1.54) is 25.2 Å². The van der Waals surface area contributed by atoms with Crippen molar-refractivity contribution in [3.63, 3.8) is 0 Å². The highest BCUT2D eigenvalue weighted by atomic mass is 32.1. The number of aryl methyl sites for hydroxylation is 1. The Morgan fingerprint density at radius 2 is 1.87 bits per heavy atom. The number of carbonyl (C=O) groups is 2. The number of esters is 1. The fourth-order valence-electron chi connectivity index (χ4n) is 5.33. The Balaban J connectivity index is 1.98. The van der Waals surface area contributed by atoms with Gasteiger partial charge in [0.05, 0.1) is 34.7 Å². The van der Waals surface area contributed by atoms with E-state index >= 15 is 0 Å². The van der Waals surface area contributed by atoms with E-state index < -0.39 is 65.5 Å². The lowest BCUT2D eigenvalue weighted by Gasteiger charge is -2.34. The maximum Gasteiger partial charge on any atom is 0.412 e. The van der Waals surface area contributed by atoms with Gasteiger partial charge in [0.25, 0.3) is 0 Å². The summed E-state index contributed by atoms with van der Waals surface area (Å²) in [7, 11) is 0. The number of cyclic esters (lactones) is 1. The number of hydrogen-bond donors (Lipinski definition) is 2. The van der Waals surface area contributed by atoms with Gasteiger partial charge in [-0.05, 0) is 56.1 Å². The largest absolute Gasteiger partial charge is 0.457 e. The number of aliphatic hydroxyl groups excluding tert-OH is 2. The summed E-state index contributed by atoms with van der Waals surface area (Å²) in [5, 5.41) is 24.4. The van der Waals surface area contributed by atoms with Crippen molar-refractivity contribution in [2.75, 3.05) is 0 Å². The van der Waals surface area contributed by atoms with Gasteiger partial charge in [-0.2, -0.15) is 13.2 Å². The van der Waals surface area contributed by atoms with Crippen LogP contribution in [0.25, 0.3) is 6.08 Å². The van der Waals surface area contributed by atoms with E-state index in [0.717, 1.165) is 11.1 Å². The number of allylic oxidation sites excluding steroid dienone is 1. The lowest BCUT2D eigenvalue weighted by atomic mass is 9.72. The summed E-state index contributed by atoms with van der Waals surface area (Å²) in [4.78, 5) is 30.5. The number of aliphatic hydroxyl groups is 2. The van der Waals surface area contributed by atoms with Crippen molar-refractivity contribution in [2.45, 2.75) is 91.7 Å². The molecule has 1 aromatic rings. The van der Waals surface area contributed by atoms with Gasteiger partial charge in [0.1, 0.15) is 11.9 Å². The van der Waals surface area contributed by atoms with Crippen LogP contribution in [0.5, 0.6) is 0 Å². The Morgan fingerprint density at radius 3 is 2.45 bits per heavy atom. The van der Waals surface area contributed by atoms with Gasteiger partial charge in [-0.15, -0.1) is 11.3 Å². The standard InChI is InChI=1S/C28H38F3NO5S/c1-14(9-20-13-38-17(4)32-20)22-8-7-19(28(29,30)31)10-18-11-21(18)15(2)25(35)16(3)26(36)27(5,6)23(33)12-24(34)37-22/h7,9,13,15-16,18,21-23,25,33,35H,8,10-12H2,1-6H3/b14-9+,19-7+/t15-,16+,18?,21?,22+,23-,25-/m0/s1. The summed E-state index contributed by atoms with van der Waals surface area (Å²) < 4.78 is 47.5. The molecule has 1 aliphatic carbocycles. The molecule has 1 saturated carbocycles. The molecule has 2 aliphatic rings.